The lowest BCUT2D eigenvalue weighted by Gasteiger charge is -2.06. The van der Waals surface area contributed by atoms with Crippen molar-refractivity contribution in [1.29, 1.82) is 0 Å². The average Bonchev–Trinajstić information content (AvgIpc) is 3.14. The van der Waals surface area contributed by atoms with Gasteiger partial charge in [0, 0.05) is 22.6 Å². The van der Waals surface area contributed by atoms with E-state index in [1.54, 1.807) is 0 Å². The lowest BCUT2D eigenvalue weighted by atomic mass is 9.97. The number of aromatic nitrogens is 1. The van der Waals surface area contributed by atoms with E-state index in [-0.39, 0.29) is 5.69 Å². The van der Waals surface area contributed by atoms with Crippen LogP contribution in [0.4, 0.5) is 10.1 Å². The molecule has 0 saturated heterocycles. The summed E-state index contributed by atoms with van der Waals surface area (Å²) in [5.74, 6) is -0.442. The van der Waals surface area contributed by atoms with Crippen LogP contribution in [0.3, 0.4) is 0 Å². The second-order valence-electron chi connectivity index (χ2n) is 7.87. The SMILES string of the molecule is [C-]#[N+]c1cc(F)c2c(oc3c(-c4ccc(C)c[n+]4C)c(C)ccc32)c1-c1ccccc1. The van der Waals surface area contributed by atoms with Crippen LogP contribution in [0.2, 0.25) is 0 Å². The van der Waals surface area contributed by atoms with Crippen molar-refractivity contribution in [2.75, 3.05) is 0 Å². The number of pyridine rings is 1. The van der Waals surface area contributed by atoms with Crippen LogP contribution < -0.4 is 4.57 Å². The minimum Gasteiger partial charge on any atom is -0.456 e. The maximum Gasteiger partial charge on any atom is 0.216 e. The summed E-state index contributed by atoms with van der Waals surface area (Å²) in [6.07, 6.45) is 2.06. The second-order valence-corrected chi connectivity index (χ2v) is 7.87. The Labute approximate surface area is 179 Å². The smallest absolute Gasteiger partial charge is 0.216 e. The van der Waals surface area contributed by atoms with Gasteiger partial charge in [-0.3, -0.25) is 0 Å². The number of halogens is 1. The summed E-state index contributed by atoms with van der Waals surface area (Å²) in [6.45, 7) is 11.7. The zero-order valence-corrected chi connectivity index (χ0v) is 17.5. The Morgan fingerprint density at radius 1 is 0.935 bits per heavy atom. The van der Waals surface area contributed by atoms with Gasteiger partial charge in [-0.15, -0.1) is 0 Å². The average molecular weight is 407 g/mol. The van der Waals surface area contributed by atoms with Crippen molar-refractivity contribution in [3.63, 3.8) is 0 Å². The summed E-state index contributed by atoms with van der Waals surface area (Å²) >= 11 is 0. The fourth-order valence-electron chi connectivity index (χ4n) is 4.35. The fourth-order valence-corrected chi connectivity index (χ4v) is 4.35. The van der Waals surface area contributed by atoms with Crippen molar-refractivity contribution in [2.24, 2.45) is 7.05 Å². The molecule has 0 bridgehead atoms. The van der Waals surface area contributed by atoms with E-state index in [4.69, 9.17) is 11.0 Å². The van der Waals surface area contributed by atoms with Crippen LogP contribution in [0.15, 0.2) is 71.3 Å². The van der Waals surface area contributed by atoms with E-state index in [0.717, 1.165) is 27.9 Å². The molecule has 2 aromatic heterocycles. The molecule has 0 amide bonds. The van der Waals surface area contributed by atoms with Crippen molar-refractivity contribution >= 4 is 27.6 Å². The Morgan fingerprint density at radius 2 is 1.71 bits per heavy atom. The van der Waals surface area contributed by atoms with Gasteiger partial charge in [-0.2, -0.15) is 0 Å². The number of fused-ring (bicyclic) bond motifs is 3. The minimum atomic E-state index is -0.442. The lowest BCUT2D eigenvalue weighted by Crippen LogP contribution is -2.31. The number of benzene rings is 3. The molecule has 3 nitrogen and oxygen atoms in total. The van der Waals surface area contributed by atoms with Gasteiger partial charge in [0.25, 0.3) is 0 Å². The van der Waals surface area contributed by atoms with Crippen LogP contribution in [-0.2, 0) is 7.05 Å². The molecule has 4 heteroatoms. The summed E-state index contributed by atoms with van der Waals surface area (Å²) in [5.41, 5.74) is 6.85. The largest absolute Gasteiger partial charge is 0.456 e. The van der Waals surface area contributed by atoms with Gasteiger partial charge in [0.1, 0.15) is 24.0 Å². The summed E-state index contributed by atoms with van der Waals surface area (Å²) in [5, 5.41) is 1.12. The summed E-state index contributed by atoms with van der Waals surface area (Å²) < 4.78 is 23.7. The number of hydrogen-bond acceptors (Lipinski definition) is 1. The van der Waals surface area contributed by atoms with Crippen LogP contribution in [0, 0.1) is 26.2 Å². The van der Waals surface area contributed by atoms with Crippen LogP contribution in [-0.4, -0.2) is 0 Å². The standard InChI is InChI=1S/C27H20FN2O/c1-16-10-13-22(30(4)15-16)23-17(2)11-12-19-25-20(28)14-21(29-3)24(27(25)31-26(19)23)18-8-6-5-7-9-18/h5-15H,1-2,4H3/q+1. The highest BCUT2D eigenvalue weighted by molar-refractivity contribution is 6.15. The molecule has 0 aliphatic carbocycles. The number of hydrogen-bond donors (Lipinski definition) is 0. The number of nitrogens with zero attached hydrogens (tertiary/aromatic N) is 2. The Morgan fingerprint density at radius 3 is 2.42 bits per heavy atom. The van der Waals surface area contributed by atoms with E-state index >= 15 is 4.39 Å². The third kappa shape index (κ3) is 2.90. The third-order valence-corrected chi connectivity index (χ3v) is 5.77. The molecule has 0 N–H and O–H groups in total. The fraction of sp³-hybridized carbons (Fsp3) is 0.111. The summed E-state index contributed by atoms with van der Waals surface area (Å²) in [6, 6.07) is 18.9. The van der Waals surface area contributed by atoms with Crippen LogP contribution in [0.25, 0.3) is 49.2 Å². The van der Waals surface area contributed by atoms with Gasteiger partial charge in [0.2, 0.25) is 11.4 Å². The van der Waals surface area contributed by atoms with E-state index in [1.165, 1.54) is 6.07 Å². The topological polar surface area (TPSA) is 21.4 Å². The molecule has 5 aromatic rings. The molecular weight excluding hydrogens is 387 g/mol. The molecule has 5 rings (SSSR count). The molecule has 3 aromatic carbocycles. The molecule has 2 heterocycles. The first kappa shape index (κ1) is 19.0. The maximum absolute atomic E-state index is 15.3. The first-order valence-corrected chi connectivity index (χ1v) is 10.1. The Kier molecular flexibility index (Phi) is 4.34. The number of rotatable bonds is 2. The normalized spacial score (nSPS) is 11.2. The van der Waals surface area contributed by atoms with E-state index in [9.17, 15) is 0 Å². The van der Waals surface area contributed by atoms with E-state index < -0.39 is 5.82 Å². The van der Waals surface area contributed by atoms with E-state index in [2.05, 4.69) is 27.7 Å². The van der Waals surface area contributed by atoms with Gasteiger partial charge in [-0.25, -0.2) is 13.8 Å². The number of furan rings is 1. The Balaban J connectivity index is 1.96. The number of aryl methyl sites for hydroxylation is 3. The highest BCUT2D eigenvalue weighted by Crippen LogP contribution is 2.45. The first-order valence-electron chi connectivity index (χ1n) is 10.1. The van der Waals surface area contributed by atoms with E-state index in [1.807, 2.05) is 63.4 Å². The summed E-state index contributed by atoms with van der Waals surface area (Å²) in [7, 11) is 2.00. The monoisotopic (exact) mass is 407 g/mol. The van der Waals surface area contributed by atoms with Gasteiger partial charge in [-0.05, 0) is 37.1 Å². The van der Waals surface area contributed by atoms with Crippen LogP contribution in [0.1, 0.15) is 11.1 Å². The third-order valence-electron chi connectivity index (χ3n) is 5.77. The first-order chi connectivity index (χ1) is 15.0. The molecule has 0 atom stereocenters. The second kappa shape index (κ2) is 7.07. The van der Waals surface area contributed by atoms with Crippen molar-refractivity contribution in [1.82, 2.24) is 0 Å². The van der Waals surface area contributed by atoms with Gasteiger partial charge in [-0.1, -0.05) is 42.5 Å². The predicted octanol–water partition coefficient (Wildman–Crippen LogP) is 7.05. The van der Waals surface area contributed by atoms with Gasteiger partial charge < -0.3 is 4.42 Å². The molecule has 0 fully saturated rings. The zero-order chi connectivity index (χ0) is 21.7. The van der Waals surface area contributed by atoms with Gasteiger partial charge >= 0.3 is 0 Å². The molecule has 0 spiro atoms. The minimum absolute atomic E-state index is 0.245. The van der Waals surface area contributed by atoms with Crippen molar-refractivity contribution in [2.45, 2.75) is 13.8 Å². The van der Waals surface area contributed by atoms with E-state index in [0.29, 0.717) is 27.5 Å². The molecule has 0 aliphatic rings. The highest BCUT2D eigenvalue weighted by Gasteiger charge is 2.25. The molecular formula is C27H20FN2O+. The predicted molar refractivity (Wildman–Crippen MR) is 121 cm³/mol. The molecule has 31 heavy (non-hydrogen) atoms. The molecule has 0 saturated carbocycles. The molecule has 0 unspecified atom stereocenters. The summed E-state index contributed by atoms with van der Waals surface area (Å²) in [4.78, 5) is 3.60. The van der Waals surface area contributed by atoms with Crippen LogP contribution in [0.5, 0.6) is 0 Å². The molecule has 150 valence electrons. The molecule has 0 radical (unpaired) electrons. The zero-order valence-electron chi connectivity index (χ0n) is 17.5. The lowest BCUT2D eigenvalue weighted by molar-refractivity contribution is -0.660. The Bertz CT molecular complexity index is 1530. The van der Waals surface area contributed by atoms with Crippen molar-refractivity contribution < 1.29 is 13.4 Å². The maximum atomic E-state index is 15.3. The Hall–Kier alpha value is -3.97. The van der Waals surface area contributed by atoms with Gasteiger partial charge in [0.05, 0.1) is 17.5 Å². The van der Waals surface area contributed by atoms with Crippen LogP contribution >= 0.6 is 0 Å². The molecule has 0 aliphatic heterocycles. The quantitative estimate of drug-likeness (QED) is 0.227. The van der Waals surface area contributed by atoms with Crippen molar-refractivity contribution in [3.05, 3.63) is 95.2 Å². The van der Waals surface area contributed by atoms with Crippen molar-refractivity contribution in [3.8, 4) is 22.4 Å². The van der Waals surface area contributed by atoms with Gasteiger partial charge in [0.15, 0.2) is 6.20 Å². The highest BCUT2D eigenvalue weighted by atomic mass is 19.1.